The normalized spacial score (nSPS) is 11.2. The lowest BCUT2D eigenvalue weighted by Gasteiger charge is -2.11. The van der Waals surface area contributed by atoms with Crippen LogP contribution in [0.2, 0.25) is 0 Å². The highest BCUT2D eigenvalue weighted by molar-refractivity contribution is 7.91. The Morgan fingerprint density at radius 3 is 2.39 bits per heavy atom. The van der Waals surface area contributed by atoms with Crippen molar-refractivity contribution in [2.45, 2.75) is 9.79 Å². The first-order valence-electron chi connectivity index (χ1n) is 6.88. The standard InChI is InChI=1S/C17H15NO3S2/c1-21-15-9-14(18-13-7-8-22-12-13)10-17(11-15)23(19,20)16-5-3-2-4-6-16/h2-12,18H,1H3. The number of hydrogen-bond donors (Lipinski definition) is 1. The van der Waals surface area contributed by atoms with E-state index < -0.39 is 9.84 Å². The van der Waals surface area contributed by atoms with Gasteiger partial charge in [0.1, 0.15) is 5.75 Å². The number of ether oxygens (including phenoxy) is 1. The van der Waals surface area contributed by atoms with Crippen molar-refractivity contribution in [3.05, 3.63) is 65.4 Å². The Bertz CT molecular complexity index is 889. The fourth-order valence-electron chi connectivity index (χ4n) is 2.15. The van der Waals surface area contributed by atoms with Crippen LogP contribution < -0.4 is 10.1 Å². The van der Waals surface area contributed by atoms with Crippen LogP contribution in [0.25, 0.3) is 0 Å². The Kier molecular flexibility index (Phi) is 4.36. The molecule has 1 aromatic heterocycles. The second-order valence-corrected chi connectivity index (χ2v) is 7.58. The highest BCUT2D eigenvalue weighted by Gasteiger charge is 2.19. The minimum Gasteiger partial charge on any atom is -0.497 e. The van der Waals surface area contributed by atoms with Gasteiger partial charge in [-0.3, -0.25) is 0 Å². The molecule has 0 spiro atoms. The average Bonchev–Trinajstić information content (AvgIpc) is 3.08. The lowest BCUT2D eigenvalue weighted by Crippen LogP contribution is -2.03. The van der Waals surface area contributed by atoms with Gasteiger partial charge in [0.15, 0.2) is 0 Å². The van der Waals surface area contributed by atoms with E-state index in [1.54, 1.807) is 53.8 Å². The third kappa shape index (κ3) is 3.38. The smallest absolute Gasteiger partial charge is 0.206 e. The summed E-state index contributed by atoms with van der Waals surface area (Å²) in [7, 11) is -2.07. The Labute approximate surface area is 139 Å². The van der Waals surface area contributed by atoms with Gasteiger partial charge in [-0.25, -0.2) is 8.42 Å². The zero-order chi connectivity index (χ0) is 16.3. The molecule has 0 fully saturated rings. The minimum atomic E-state index is -3.59. The van der Waals surface area contributed by atoms with Gasteiger partial charge in [-0.15, -0.1) is 0 Å². The average molecular weight is 345 g/mol. The molecule has 0 radical (unpaired) electrons. The molecule has 2 aromatic carbocycles. The summed E-state index contributed by atoms with van der Waals surface area (Å²) >= 11 is 1.56. The first-order valence-corrected chi connectivity index (χ1v) is 9.30. The van der Waals surface area contributed by atoms with Crippen LogP contribution in [0.5, 0.6) is 5.75 Å². The SMILES string of the molecule is COc1cc(Nc2ccsc2)cc(S(=O)(=O)c2ccccc2)c1. The maximum atomic E-state index is 12.8. The first kappa shape index (κ1) is 15.6. The van der Waals surface area contributed by atoms with Crippen molar-refractivity contribution in [2.75, 3.05) is 12.4 Å². The second-order valence-electron chi connectivity index (χ2n) is 4.85. The van der Waals surface area contributed by atoms with Crippen molar-refractivity contribution >= 4 is 32.5 Å². The van der Waals surface area contributed by atoms with E-state index in [1.807, 2.05) is 16.8 Å². The van der Waals surface area contributed by atoms with Crippen LogP contribution in [0.4, 0.5) is 11.4 Å². The molecule has 0 atom stereocenters. The maximum absolute atomic E-state index is 12.8. The van der Waals surface area contributed by atoms with Gasteiger partial charge >= 0.3 is 0 Å². The summed E-state index contributed by atoms with van der Waals surface area (Å²) in [4.78, 5) is 0.454. The number of thiophene rings is 1. The van der Waals surface area contributed by atoms with Crippen LogP contribution in [0.3, 0.4) is 0 Å². The molecule has 0 saturated carbocycles. The Morgan fingerprint density at radius 1 is 0.957 bits per heavy atom. The molecular weight excluding hydrogens is 330 g/mol. The summed E-state index contributed by atoms with van der Waals surface area (Å²) in [6, 6.07) is 15.2. The second kappa shape index (κ2) is 6.44. The topological polar surface area (TPSA) is 55.4 Å². The van der Waals surface area contributed by atoms with Crippen LogP contribution >= 0.6 is 11.3 Å². The molecule has 0 amide bonds. The van der Waals surface area contributed by atoms with E-state index in [4.69, 9.17) is 4.74 Å². The monoisotopic (exact) mass is 345 g/mol. The number of methoxy groups -OCH3 is 1. The molecule has 0 unspecified atom stereocenters. The van der Waals surface area contributed by atoms with Crippen molar-refractivity contribution < 1.29 is 13.2 Å². The zero-order valence-electron chi connectivity index (χ0n) is 12.4. The van der Waals surface area contributed by atoms with E-state index in [2.05, 4.69) is 5.32 Å². The molecular formula is C17H15NO3S2. The summed E-state index contributed by atoms with van der Waals surface area (Å²) in [5, 5.41) is 7.09. The molecule has 118 valence electrons. The van der Waals surface area contributed by atoms with Crippen LogP contribution in [-0.4, -0.2) is 15.5 Å². The van der Waals surface area contributed by atoms with Crippen molar-refractivity contribution in [1.82, 2.24) is 0 Å². The predicted octanol–water partition coefficient (Wildman–Crippen LogP) is 4.33. The number of rotatable bonds is 5. The summed E-state index contributed by atoms with van der Waals surface area (Å²) < 4.78 is 30.8. The molecule has 4 nitrogen and oxygen atoms in total. The minimum absolute atomic E-state index is 0.195. The highest BCUT2D eigenvalue weighted by atomic mass is 32.2. The fourth-order valence-corrected chi connectivity index (χ4v) is 4.08. The van der Waals surface area contributed by atoms with Gasteiger partial charge in [-0.05, 0) is 35.7 Å². The van der Waals surface area contributed by atoms with Crippen LogP contribution in [0.15, 0.2) is 75.1 Å². The van der Waals surface area contributed by atoms with Crippen LogP contribution in [0, 0.1) is 0 Å². The third-order valence-electron chi connectivity index (χ3n) is 3.29. The van der Waals surface area contributed by atoms with E-state index in [0.717, 1.165) is 5.69 Å². The Morgan fingerprint density at radius 2 is 1.74 bits per heavy atom. The molecule has 0 bridgehead atoms. The molecule has 0 aliphatic heterocycles. The number of nitrogens with one attached hydrogen (secondary N) is 1. The fraction of sp³-hybridized carbons (Fsp3) is 0.0588. The van der Waals surface area contributed by atoms with Gasteiger partial charge in [0.05, 0.1) is 16.9 Å². The number of anilines is 2. The van der Waals surface area contributed by atoms with Crippen molar-refractivity contribution in [1.29, 1.82) is 0 Å². The molecule has 3 aromatic rings. The third-order valence-corrected chi connectivity index (χ3v) is 5.72. The molecule has 3 rings (SSSR count). The van der Waals surface area contributed by atoms with Gasteiger partial charge in [-0.1, -0.05) is 18.2 Å². The Hall–Kier alpha value is -2.31. The summed E-state index contributed by atoms with van der Waals surface area (Å²) in [6.07, 6.45) is 0. The van der Waals surface area contributed by atoms with E-state index >= 15 is 0 Å². The number of sulfone groups is 1. The van der Waals surface area contributed by atoms with Gasteiger partial charge < -0.3 is 10.1 Å². The van der Waals surface area contributed by atoms with Gasteiger partial charge in [-0.2, -0.15) is 11.3 Å². The molecule has 1 N–H and O–H groups in total. The molecule has 1 heterocycles. The van der Waals surface area contributed by atoms with Gasteiger partial charge in [0.2, 0.25) is 9.84 Å². The highest BCUT2D eigenvalue weighted by Crippen LogP contribution is 2.30. The molecule has 0 aliphatic rings. The van der Waals surface area contributed by atoms with E-state index in [0.29, 0.717) is 11.4 Å². The maximum Gasteiger partial charge on any atom is 0.206 e. The van der Waals surface area contributed by atoms with Crippen molar-refractivity contribution in [3.8, 4) is 5.75 Å². The summed E-state index contributed by atoms with van der Waals surface area (Å²) in [6.45, 7) is 0. The van der Waals surface area contributed by atoms with E-state index in [1.165, 1.54) is 13.2 Å². The van der Waals surface area contributed by atoms with Crippen LogP contribution in [0.1, 0.15) is 0 Å². The van der Waals surface area contributed by atoms with E-state index in [9.17, 15) is 8.42 Å². The van der Waals surface area contributed by atoms with Crippen molar-refractivity contribution in [2.24, 2.45) is 0 Å². The quantitative estimate of drug-likeness (QED) is 0.748. The van der Waals surface area contributed by atoms with Crippen molar-refractivity contribution in [3.63, 3.8) is 0 Å². The first-order chi connectivity index (χ1) is 11.1. The van der Waals surface area contributed by atoms with E-state index in [-0.39, 0.29) is 9.79 Å². The van der Waals surface area contributed by atoms with Gasteiger partial charge in [0.25, 0.3) is 0 Å². The number of benzene rings is 2. The molecule has 6 heteroatoms. The van der Waals surface area contributed by atoms with Gasteiger partial charge in [0, 0.05) is 22.8 Å². The largest absolute Gasteiger partial charge is 0.497 e. The van der Waals surface area contributed by atoms with Crippen LogP contribution in [-0.2, 0) is 9.84 Å². The lowest BCUT2D eigenvalue weighted by molar-refractivity contribution is 0.413. The lowest BCUT2D eigenvalue weighted by atomic mass is 10.3. The molecule has 0 saturated heterocycles. The zero-order valence-corrected chi connectivity index (χ0v) is 14.0. The number of hydrogen-bond acceptors (Lipinski definition) is 5. The predicted molar refractivity (Wildman–Crippen MR) is 92.5 cm³/mol. The summed E-state index contributed by atoms with van der Waals surface area (Å²) in [5.74, 6) is 0.486. The Balaban J connectivity index is 2.05. The molecule has 23 heavy (non-hydrogen) atoms. The summed E-state index contributed by atoms with van der Waals surface area (Å²) in [5.41, 5.74) is 1.57. The molecule has 0 aliphatic carbocycles.